The largest absolute Gasteiger partial charge is 0.465 e. The summed E-state index contributed by atoms with van der Waals surface area (Å²) in [7, 11) is 0. The minimum Gasteiger partial charge on any atom is -0.465 e. The van der Waals surface area contributed by atoms with Crippen molar-refractivity contribution in [1.82, 2.24) is 0 Å². The molecule has 1 atom stereocenters. The molecule has 2 rings (SSSR count). The van der Waals surface area contributed by atoms with E-state index in [-0.39, 0.29) is 11.6 Å². The predicted octanol–water partition coefficient (Wildman–Crippen LogP) is 4.17. The molecule has 140 valence electrons. The lowest BCUT2D eigenvalue weighted by Crippen LogP contribution is -2.38. The van der Waals surface area contributed by atoms with Gasteiger partial charge in [-0.25, -0.2) is 0 Å². The lowest BCUT2D eigenvalue weighted by Gasteiger charge is -2.24. The number of carbonyl (C=O) groups excluding carboxylic acids is 1. The van der Waals surface area contributed by atoms with Gasteiger partial charge in [-0.05, 0) is 12.0 Å². The number of ether oxygens (including phenoxy) is 3. The van der Waals surface area contributed by atoms with Crippen molar-refractivity contribution in [1.29, 1.82) is 0 Å². The van der Waals surface area contributed by atoms with E-state index >= 15 is 0 Å². The number of rotatable bonds is 12. The number of unbranched alkanes of at least 4 members (excludes halogenated alkanes) is 3. The Hall–Kier alpha value is -1.39. The van der Waals surface area contributed by atoms with Crippen molar-refractivity contribution in [3.63, 3.8) is 0 Å². The molecule has 0 bridgehead atoms. The molecule has 1 unspecified atom stereocenters. The minimum atomic E-state index is -0.169. The van der Waals surface area contributed by atoms with Gasteiger partial charge in [0, 0.05) is 19.3 Å². The Balaban J connectivity index is 1.66. The Kier molecular flexibility index (Phi) is 8.98. The van der Waals surface area contributed by atoms with Crippen LogP contribution in [0.4, 0.5) is 0 Å². The number of hydrogen-bond acceptors (Lipinski definition) is 3. The van der Waals surface area contributed by atoms with Crippen LogP contribution in [0.3, 0.4) is 0 Å². The van der Waals surface area contributed by atoms with Gasteiger partial charge in [-0.15, -0.1) is 0 Å². The molecule has 1 heterocycles. The number of esters is 1. The highest BCUT2D eigenvalue weighted by Crippen LogP contribution is 2.27. The van der Waals surface area contributed by atoms with Gasteiger partial charge in [0.05, 0.1) is 19.6 Å². The van der Waals surface area contributed by atoms with Crippen molar-refractivity contribution in [3.05, 3.63) is 35.9 Å². The van der Waals surface area contributed by atoms with Gasteiger partial charge in [0.2, 0.25) is 0 Å². The molecule has 1 N–H and O–H groups in total. The van der Waals surface area contributed by atoms with E-state index in [1.54, 1.807) is 0 Å². The Morgan fingerprint density at radius 1 is 1.20 bits per heavy atom. The molecular weight excluding hydrogens is 316 g/mol. The molecule has 1 aromatic carbocycles. The van der Waals surface area contributed by atoms with Gasteiger partial charge in [0.15, 0.2) is 5.60 Å². The van der Waals surface area contributed by atoms with E-state index in [9.17, 15) is 4.79 Å². The predicted molar refractivity (Wildman–Crippen MR) is 99.5 cm³/mol. The van der Waals surface area contributed by atoms with Crippen molar-refractivity contribution >= 4 is 5.97 Å². The van der Waals surface area contributed by atoms with Gasteiger partial charge in [-0.2, -0.15) is 0 Å². The van der Waals surface area contributed by atoms with Crippen molar-refractivity contribution in [2.24, 2.45) is 0 Å². The van der Waals surface area contributed by atoms with Gasteiger partial charge < -0.3 is 14.2 Å². The molecule has 1 fully saturated rings. The number of hydrogen-bond donors (Lipinski definition) is 0. The van der Waals surface area contributed by atoms with Crippen LogP contribution in [-0.4, -0.2) is 36.1 Å². The van der Waals surface area contributed by atoms with Crippen molar-refractivity contribution in [2.75, 3.05) is 19.8 Å². The van der Waals surface area contributed by atoms with Crippen LogP contribution in [0.5, 0.6) is 0 Å². The highest BCUT2D eigenvalue weighted by Gasteiger charge is 2.41. The van der Waals surface area contributed by atoms with Crippen LogP contribution in [-0.2, 0) is 20.9 Å². The summed E-state index contributed by atoms with van der Waals surface area (Å²) in [4.78, 5) is 11.8. The topological polar surface area (TPSA) is 48.3 Å². The fourth-order valence-corrected chi connectivity index (χ4v) is 3.25. The molecule has 0 saturated carbocycles. The Morgan fingerprint density at radius 2 is 2.04 bits per heavy atom. The maximum atomic E-state index is 11.8. The van der Waals surface area contributed by atoms with E-state index in [0.717, 1.165) is 38.7 Å². The SMILES string of the molecule is CCCCCCC(=O)OCCC1(COCc2ccccc2)CCC[OH+]1. The zero-order chi connectivity index (χ0) is 17.8. The van der Waals surface area contributed by atoms with E-state index in [4.69, 9.17) is 14.2 Å². The van der Waals surface area contributed by atoms with E-state index < -0.39 is 0 Å². The first-order valence-corrected chi connectivity index (χ1v) is 9.70. The quantitative estimate of drug-likeness (QED) is 0.323. The Bertz CT molecular complexity index is 480. The molecule has 1 aromatic rings. The molecule has 4 nitrogen and oxygen atoms in total. The fourth-order valence-electron chi connectivity index (χ4n) is 3.25. The van der Waals surface area contributed by atoms with Crippen LogP contribution in [0, 0.1) is 0 Å². The number of benzene rings is 1. The molecule has 4 heteroatoms. The summed E-state index contributed by atoms with van der Waals surface area (Å²) in [6, 6.07) is 10.2. The zero-order valence-corrected chi connectivity index (χ0v) is 15.5. The summed E-state index contributed by atoms with van der Waals surface area (Å²) in [5.41, 5.74) is 1.01. The van der Waals surface area contributed by atoms with Crippen LogP contribution in [0.25, 0.3) is 0 Å². The molecule has 25 heavy (non-hydrogen) atoms. The first-order chi connectivity index (χ1) is 12.2. The van der Waals surface area contributed by atoms with E-state index in [0.29, 0.717) is 26.2 Å². The smallest absolute Gasteiger partial charge is 0.305 e. The van der Waals surface area contributed by atoms with Crippen molar-refractivity contribution in [2.45, 2.75) is 70.5 Å². The highest BCUT2D eigenvalue weighted by atomic mass is 16.6. The van der Waals surface area contributed by atoms with Gasteiger partial charge in [0.1, 0.15) is 13.2 Å². The van der Waals surface area contributed by atoms with Gasteiger partial charge >= 0.3 is 5.97 Å². The third-order valence-electron chi connectivity index (χ3n) is 4.79. The molecule has 1 saturated heterocycles. The van der Waals surface area contributed by atoms with Crippen LogP contribution < -0.4 is 0 Å². The molecule has 0 spiro atoms. The second-order valence-corrected chi connectivity index (χ2v) is 6.97. The Labute approximate surface area is 151 Å². The van der Waals surface area contributed by atoms with E-state index in [1.807, 2.05) is 18.2 Å². The molecule has 0 aromatic heterocycles. The zero-order valence-electron chi connectivity index (χ0n) is 15.5. The van der Waals surface area contributed by atoms with Gasteiger partial charge in [0.25, 0.3) is 0 Å². The second-order valence-electron chi connectivity index (χ2n) is 6.97. The van der Waals surface area contributed by atoms with Gasteiger partial charge in [-0.3, -0.25) is 4.79 Å². The van der Waals surface area contributed by atoms with E-state index in [2.05, 4.69) is 19.1 Å². The number of carbonyl (C=O) groups is 1. The molecule has 0 aliphatic carbocycles. The Morgan fingerprint density at radius 3 is 2.76 bits per heavy atom. The standard InChI is InChI=1S/C21H32O4/c1-2-3-4-8-12-20(22)24-16-14-21(13-9-15-25-21)18-23-17-19-10-6-5-7-11-19/h5-7,10-11H,2-4,8-9,12-18H2,1H3/p+1. The summed E-state index contributed by atoms with van der Waals surface area (Å²) in [6.45, 7) is 4.72. The molecule has 1 aliphatic rings. The molecule has 0 radical (unpaired) electrons. The molecule has 1 aliphatic heterocycles. The van der Waals surface area contributed by atoms with Crippen molar-refractivity contribution < 1.29 is 19.0 Å². The average molecular weight is 349 g/mol. The monoisotopic (exact) mass is 349 g/mol. The normalized spacial score (nSPS) is 19.9. The minimum absolute atomic E-state index is 0.0746. The second kappa shape index (κ2) is 11.3. The third kappa shape index (κ3) is 7.57. The van der Waals surface area contributed by atoms with Crippen LogP contribution in [0.2, 0.25) is 0 Å². The van der Waals surface area contributed by atoms with Crippen LogP contribution >= 0.6 is 0 Å². The van der Waals surface area contributed by atoms with Crippen LogP contribution in [0.1, 0.15) is 63.9 Å². The summed E-state index contributed by atoms with van der Waals surface area (Å²) >= 11 is 0. The summed E-state index contributed by atoms with van der Waals surface area (Å²) < 4.78 is 16.1. The first kappa shape index (κ1) is 19.9. The lowest BCUT2D eigenvalue weighted by atomic mass is 9.97. The maximum absolute atomic E-state index is 11.8. The summed E-state index contributed by atoms with van der Waals surface area (Å²) in [5, 5.41) is 0. The lowest BCUT2D eigenvalue weighted by molar-refractivity contribution is -0.186. The average Bonchev–Trinajstić information content (AvgIpc) is 3.09. The van der Waals surface area contributed by atoms with E-state index in [1.165, 1.54) is 18.4 Å². The molecule has 0 amide bonds. The summed E-state index contributed by atoms with van der Waals surface area (Å²) in [5.74, 6) is -0.0746. The van der Waals surface area contributed by atoms with Gasteiger partial charge in [-0.1, -0.05) is 56.5 Å². The summed E-state index contributed by atoms with van der Waals surface area (Å²) in [6.07, 6.45) is 7.84. The first-order valence-electron chi connectivity index (χ1n) is 9.70. The van der Waals surface area contributed by atoms with Crippen LogP contribution in [0.15, 0.2) is 30.3 Å². The van der Waals surface area contributed by atoms with Crippen molar-refractivity contribution in [3.8, 4) is 0 Å². The fraction of sp³-hybridized carbons (Fsp3) is 0.667. The molecular formula is C21H33O4+. The highest BCUT2D eigenvalue weighted by molar-refractivity contribution is 5.69. The third-order valence-corrected chi connectivity index (χ3v) is 4.79. The maximum Gasteiger partial charge on any atom is 0.305 e. The number of aliphatic hydroxyl groups is 2.